The molecule has 2 amide bonds. The molecular formula is C35H41BrN2O5. The molecule has 228 valence electrons. The Morgan fingerprint density at radius 1 is 0.953 bits per heavy atom. The van der Waals surface area contributed by atoms with E-state index in [0.717, 1.165) is 35.1 Å². The van der Waals surface area contributed by atoms with Gasteiger partial charge in [-0.1, -0.05) is 53.5 Å². The smallest absolute Gasteiger partial charge is 0.235 e. The number of rotatable bonds is 9. The number of amides is 2. The topological polar surface area (TPSA) is 105 Å². The number of hydrogen-bond acceptors (Lipinski definition) is 5. The number of aliphatic hydroxyl groups is 1. The molecule has 8 heteroatoms. The van der Waals surface area contributed by atoms with Crippen molar-refractivity contribution >= 4 is 44.9 Å². The zero-order valence-electron chi connectivity index (χ0n) is 25.7. The van der Waals surface area contributed by atoms with Crippen molar-refractivity contribution in [1.82, 2.24) is 0 Å². The van der Waals surface area contributed by atoms with E-state index in [4.69, 9.17) is 4.74 Å². The first-order valence-electron chi connectivity index (χ1n) is 14.8. The first kappa shape index (κ1) is 32.4. The van der Waals surface area contributed by atoms with E-state index in [1.807, 2.05) is 58.0 Å². The largest absolute Gasteiger partial charge is 0.493 e. The predicted octanol–water partition coefficient (Wildman–Crippen LogP) is 7.18. The lowest BCUT2D eigenvalue weighted by Crippen LogP contribution is -2.56. The number of ether oxygens (including phenoxy) is 1. The minimum atomic E-state index is -1.73. The van der Waals surface area contributed by atoms with Crippen molar-refractivity contribution in [2.45, 2.75) is 72.3 Å². The van der Waals surface area contributed by atoms with Crippen LogP contribution in [-0.4, -0.2) is 34.9 Å². The van der Waals surface area contributed by atoms with Gasteiger partial charge in [0, 0.05) is 33.7 Å². The van der Waals surface area contributed by atoms with E-state index in [0.29, 0.717) is 33.8 Å². The van der Waals surface area contributed by atoms with Crippen LogP contribution in [0.5, 0.6) is 5.75 Å². The van der Waals surface area contributed by atoms with Gasteiger partial charge in [-0.05, 0) is 93.6 Å². The Kier molecular flexibility index (Phi) is 10.1. The monoisotopic (exact) mass is 648 g/mol. The second-order valence-electron chi connectivity index (χ2n) is 11.8. The lowest BCUT2D eigenvalue weighted by molar-refractivity contribution is -0.150. The van der Waals surface area contributed by atoms with E-state index < -0.39 is 41.0 Å². The van der Waals surface area contributed by atoms with Gasteiger partial charge < -0.3 is 20.5 Å². The summed E-state index contributed by atoms with van der Waals surface area (Å²) in [7, 11) is 0. The summed E-state index contributed by atoms with van der Waals surface area (Å²) in [5, 5.41) is 17.8. The molecule has 3 aromatic rings. The van der Waals surface area contributed by atoms with E-state index in [9.17, 15) is 19.5 Å². The standard InChI is InChI=1S/C35H41BrN2O5/c1-7-8-17-43-29-16-15-24(36)18-25(29)30-31(33(40)37-26-13-9-11-20(2)22(26)4)28(39)19-35(6,42)32(30)34(41)38-27-14-10-12-21(3)23(27)5/h9-16,18,30-32,42H,7-8,17,19H2,1-6H3,(H,37,40)(H,38,41). The minimum Gasteiger partial charge on any atom is -0.493 e. The molecule has 7 nitrogen and oxygen atoms in total. The van der Waals surface area contributed by atoms with E-state index in [-0.39, 0.29) is 6.42 Å². The molecule has 1 fully saturated rings. The Labute approximate surface area is 262 Å². The highest BCUT2D eigenvalue weighted by Crippen LogP contribution is 2.49. The lowest BCUT2D eigenvalue weighted by atomic mass is 9.61. The predicted molar refractivity (Wildman–Crippen MR) is 174 cm³/mol. The van der Waals surface area contributed by atoms with Crippen molar-refractivity contribution in [1.29, 1.82) is 0 Å². The van der Waals surface area contributed by atoms with Crippen molar-refractivity contribution in [3.8, 4) is 5.75 Å². The number of unbranched alkanes of at least 4 members (excludes halogenated alkanes) is 1. The fraction of sp³-hybridized carbons (Fsp3) is 0.400. The highest BCUT2D eigenvalue weighted by molar-refractivity contribution is 9.10. The summed E-state index contributed by atoms with van der Waals surface area (Å²) in [5.74, 6) is -4.38. The number of Topliss-reactive ketones (excluding diaryl/α,β-unsaturated/α-hetero) is 1. The Morgan fingerprint density at radius 3 is 2.12 bits per heavy atom. The maximum atomic E-state index is 14.3. The lowest BCUT2D eigenvalue weighted by Gasteiger charge is -2.45. The van der Waals surface area contributed by atoms with E-state index in [1.165, 1.54) is 6.92 Å². The number of ketones is 1. The summed E-state index contributed by atoms with van der Waals surface area (Å²) < 4.78 is 6.87. The Balaban J connectivity index is 1.87. The molecule has 43 heavy (non-hydrogen) atoms. The molecule has 0 radical (unpaired) electrons. The minimum absolute atomic E-state index is 0.348. The van der Waals surface area contributed by atoms with Crippen LogP contribution < -0.4 is 15.4 Å². The van der Waals surface area contributed by atoms with E-state index >= 15 is 0 Å². The SMILES string of the molecule is CCCCOc1ccc(Br)cc1C1C(C(=O)Nc2cccc(C)c2C)C(=O)CC(C)(O)C1C(=O)Nc1cccc(C)c1C. The van der Waals surface area contributed by atoms with Gasteiger partial charge in [0.15, 0.2) is 0 Å². The fourth-order valence-corrected chi connectivity index (χ4v) is 6.28. The summed E-state index contributed by atoms with van der Waals surface area (Å²) >= 11 is 3.54. The molecule has 0 aliphatic heterocycles. The van der Waals surface area contributed by atoms with Gasteiger partial charge in [-0.25, -0.2) is 0 Å². The summed E-state index contributed by atoms with van der Waals surface area (Å²) in [6.07, 6.45) is 1.38. The average molecular weight is 650 g/mol. The van der Waals surface area contributed by atoms with Crippen molar-refractivity contribution < 1.29 is 24.2 Å². The third kappa shape index (κ3) is 7.02. The van der Waals surface area contributed by atoms with Gasteiger partial charge in [0.1, 0.15) is 17.5 Å². The van der Waals surface area contributed by atoms with Crippen LogP contribution in [0.15, 0.2) is 59.1 Å². The van der Waals surface area contributed by atoms with Crippen LogP contribution in [0.1, 0.15) is 66.8 Å². The maximum absolute atomic E-state index is 14.3. The molecule has 4 rings (SSSR count). The first-order chi connectivity index (χ1) is 20.4. The number of halogens is 1. The zero-order valence-corrected chi connectivity index (χ0v) is 27.3. The van der Waals surface area contributed by atoms with Gasteiger partial charge in [-0.3, -0.25) is 14.4 Å². The fourth-order valence-electron chi connectivity index (χ4n) is 5.90. The molecule has 0 heterocycles. The van der Waals surface area contributed by atoms with Crippen LogP contribution in [0, 0.1) is 39.5 Å². The van der Waals surface area contributed by atoms with Crippen molar-refractivity contribution in [3.05, 3.63) is 86.9 Å². The molecular weight excluding hydrogens is 608 g/mol. The maximum Gasteiger partial charge on any atom is 0.235 e. The molecule has 3 aromatic carbocycles. The summed E-state index contributed by atoms with van der Waals surface area (Å²) in [5.41, 5.74) is 3.78. The molecule has 1 aliphatic carbocycles. The van der Waals surface area contributed by atoms with Gasteiger partial charge in [-0.2, -0.15) is 0 Å². The first-order valence-corrected chi connectivity index (χ1v) is 15.6. The highest BCUT2D eigenvalue weighted by Gasteiger charge is 2.56. The van der Waals surface area contributed by atoms with E-state index in [1.54, 1.807) is 24.3 Å². The molecule has 3 N–H and O–H groups in total. The second kappa shape index (κ2) is 13.4. The van der Waals surface area contributed by atoms with Crippen LogP contribution in [0.2, 0.25) is 0 Å². The number of anilines is 2. The summed E-state index contributed by atoms with van der Waals surface area (Å²) in [4.78, 5) is 42.2. The molecule has 1 aliphatic rings. The Morgan fingerprint density at radius 2 is 1.53 bits per heavy atom. The normalized spacial score (nSPS) is 21.8. The number of hydrogen-bond donors (Lipinski definition) is 3. The molecule has 0 saturated heterocycles. The number of aryl methyl sites for hydroxylation is 2. The van der Waals surface area contributed by atoms with Gasteiger partial charge >= 0.3 is 0 Å². The molecule has 4 unspecified atom stereocenters. The average Bonchev–Trinajstić information content (AvgIpc) is 2.93. The van der Waals surface area contributed by atoms with Gasteiger partial charge in [0.2, 0.25) is 11.8 Å². The van der Waals surface area contributed by atoms with Gasteiger partial charge in [0.25, 0.3) is 0 Å². The van der Waals surface area contributed by atoms with Crippen molar-refractivity contribution in [2.24, 2.45) is 11.8 Å². The number of carbonyl (C=O) groups excluding carboxylic acids is 3. The molecule has 4 atom stereocenters. The Bertz CT molecular complexity index is 1530. The molecule has 0 bridgehead atoms. The van der Waals surface area contributed by atoms with Crippen molar-refractivity contribution in [2.75, 3.05) is 17.2 Å². The van der Waals surface area contributed by atoms with Crippen LogP contribution >= 0.6 is 15.9 Å². The van der Waals surface area contributed by atoms with Crippen LogP contribution in [0.4, 0.5) is 11.4 Å². The molecule has 0 aromatic heterocycles. The van der Waals surface area contributed by atoms with Gasteiger partial charge in [-0.15, -0.1) is 0 Å². The van der Waals surface area contributed by atoms with Crippen molar-refractivity contribution in [3.63, 3.8) is 0 Å². The second-order valence-corrected chi connectivity index (χ2v) is 12.8. The van der Waals surface area contributed by atoms with E-state index in [2.05, 4.69) is 33.5 Å². The summed E-state index contributed by atoms with van der Waals surface area (Å²) in [6.45, 7) is 11.7. The van der Waals surface area contributed by atoms with Crippen LogP contribution in [-0.2, 0) is 14.4 Å². The molecule has 1 saturated carbocycles. The quantitative estimate of drug-likeness (QED) is 0.168. The number of benzene rings is 3. The molecule has 0 spiro atoms. The summed E-state index contributed by atoms with van der Waals surface area (Å²) in [6, 6.07) is 16.6. The van der Waals surface area contributed by atoms with Gasteiger partial charge in [0.05, 0.1) is 18.1 Å². The number of nitrogens with one attached hydrogen (secondary N) is 2. The number of carbonyl (C=O) groups is 3. The van der Waals surface area contributed by atoms with Crippen LogP contribution in [0.25, 0.3) is 0 Å². The highest BCUT2D eigenvalue weighted by atomic mass is 79.9. The third-order valence-corrected chi connectivity index (χ3v) is 9.14. The van der Waals surface area contributed by atoms with Crippen LogP contribution in [0.3, 0.4) is 0 Å². The zero-order chi connectivity index (χ0) is 31.5. The Hall–Kier alpha value is -3.49. The third-order valence-electron chi connectivity index (χ3n) is 8.64.